The first-order valence-electron chi connectivity index (χ1n) is 6.19. The van der Waals surface area contributed by atoms with Gasteiger partial charge >= 0.3 is 0 Å². The number of benzene rings is 2. The van der Waals surface area contributed by atoms with Crippen molar-refractivity contribution in [3.63, 3.8) is 0 Å². The van der Waals surface area contributed by atoms with Crippen LogP contribution in [0.3, 0.4) is 0 Å². The summed E-state index contributed by atoms with van der Waals surface area (Å²) in [5, 5.41) is 0.764. The molecule has 6 heteroatoms. The summed E-state index contributed by atoms with van der Waals surface area (Å²) in [6, 6.07) is 10.9. The van der Waals surface area contributed by atoms with Crippen molar-refractivity contribution in [1.29, 1.82) is 0 Å². The molecule has 3 aromatic rings. The Morgan fingerprint density at radius 2 is 1.95 bits per heavy atom. The summed E-state index contributed by atoms with van der Waals surface area (Å²) in [7, 11) is 1.61. The van der Waals surface area contributed by atoms with E-state index in [1.165, 1.54) is 6.33 Å². The lowest BCUT2D eigenvalue weighted by atomic mass is 10.2. The Labute approximate surface area is 129 Å². The number of anilines is 1. The topological polar surface area (TPSA) is 70.3 Å². The quantitative estimate of drug-likeness (QED) is 0.731. The fourth-order valence-corrected chi connectivity index (χ4v) is 2.37. The highest BCUT2D eigenvalue weighted by molar-refractivity contribution is 9.10. The Morgan fingerprint density at radius 3 is 2.71 bits per heavy atom. The molecule has 1 aromatic heterocycles. The molecule has 0 fully saturated rings. The Morgan fingerprint density at radius 1 is 1.10 bits per heavy atom. The fraction of sp³-hybridized carbons (Fsp3) is 0.0667. The summed E-state index contributed by atoms with van der Waals surface area (Å²) >= 11 is 3.45. The summed E-state index contributed by atoms with van der Waals surface area (Å²) in [5.41, 5.74) is 7.23. The molecular formula is C15H12BrN3O2. The molecule has 21 heavy (non-hydrogen) atoms. The molecule has 1 heterocycles. The molecule has 0 unspecified atom stereocenters. The van der Waals surface area contributed by atoms with E-state index >= 15 is 0 Å². The average Bonchev–Trinajstić information content (AvgIpc) is 2.49. The minimum atomic E-state index is 0.457. The second-order valence-electron chi connectivity index (χ2n) is 4.35. The van der Waals surface area contributed by atoms with Crippen LogP contribution in [0.5, 0.6) is 17.4 Å². The first kappa shape index (κ1) is 13.6. The lowest BCUT2D eigenvalue weighted by Gasteiger charge is -2.10. The number of methoxy groups -OCH3 is 1. The predicted octanol–water partition coefficient (Wildman–Crippen LogP) is 3.78. The van der Waals surface area contributed by atoms with Crippen LogP contribution in [0, 0.1) is 0 Å². The third-order valence-corrected chi connectivity index (χ3v) is 3.59. The van der Waals surface area contributed by atoms with Crippen LogP contribution < -0.4 is 15.2 Å². The number of hydrogen-bond donors (Lipinski definition) is 1. The smallest absolute Gasteiger partial charge is 0.230 e. The van der Waals surface area contributed by atoms with Crippen LogP contribution in [-0.2, 0) is 0 Å². The van der Waals surface area contributed by atoms with Crippen molar-refractivity contribution in [2.75, 3.05) is 12.8 Å². The zero-order chi connectivity index (χ0) is 14.8. The van der Waals surface area contributed by atoms with Crippen LogP contribution in [0.15, 0.2) is 47.2 Å². The minimum Gasteiger partial charge on any atom is -0.497 e. The molecule has 0 amide bonds. The van der Waals surface area contributed by atoms with Gasteiger partial charge in [-0.05, 0) is 52.3 Å². The maximum atomic E-state index is 5.87. The number of nitrogen functional groups attached to an aromatic ring is 1. The van der Waals surface area contributed by atoms with Gasteiger partial charge in [-0.25, -0.2) is 9.97 Å². The van der Waals surface area contributed by atoms with Gasteiger partial charge in [0.2, 0.25) is 5.88 Å². The molecule has 2 aromatic carbocycles. The van der Waals surface area contributed by atoms with E-state index in [-0.39, 0.29) is 0 Å². The average molecular weight is 346 g/mol. The lowest BCUT2D eigenvalue weighted by molar-refractivity contribution is 0.411. The standard InChI is InChI=1S/C15H12BrN3O2/c1-20-10-3-5-14(12(16)7-10)21-15-11-6-9(17)2-4-13(11)18-8-19-15/h2-8H,17H2,1H3. The summed E-state index contributed by atoms with van der Waals surface area (Å²) in [4.78, 5) is 8.38. The number of aromatic nitrogens is 2. The third kappa shape index (κ3) is 2.75. The summed E-state index contributed by atoms with van der Waals surface area (Å²) < 4.78 is 11.8. The Kier molecular flexibility index (Phi) is 3.62. The van der Waals surface area contributed by atoms with Gasteiger partial charge in [0.05, 0.1) is 22.5 Å². The second-order valence-corrected chi connectivity index (χ2v) is 5.21. The molecule has 0 spiro atoms. The maximum absolute atomic E-state index is 5.87. The van der Waals surface area contributed by atoms with Gasteiger partial charge in [-0.3, -0.25) is 0 Å². The number of hydrogen-bond acceptors (Lipinski definition) is 5. The molecule has 0 saturated carbocycles. The molecule has 0 saturated heterocycles. The molecule has 0 atom stereocenters. The first-order chi connectivity index (χ1) is 10.2. The van der Waals surface area contributed by atoms with Crippen molar-refractivity contribution in [2.24, 2.45) is 0 Å². The van der Waals surface area contributed by atoms with Crippen LogP contribution >= 0.6 is 15.9 Å². The molecule has 3 rings (SSSR count). The van der Waals surface area contributed by atoms with Gasteiger partial charge in [0, 0.05) is 5.69 Å². The van der Waals surface area contributed by atoms with Gasteiger partial charge in [0.1, 0.15) is 17.8 Å². The van der Waals surface area contributed by atoms with Gasteiger partial charge < -0.3 is 15.2 Å². The van der Waals surface area contributed by atoms with Crippen LogP contribution in [0.25, 0.3) is 10.9 Å². The molecule has 2 N–H and O–H groups in total. The van der Waals surface area contributed by atoms with E-state index in [4.69, 9.17) is 15.2 Å². The van der Waals surface area contributed by atoms with Gasteiger partial charge in [-0.2, -0.15) is 0 Å². The molecular weight excluding hydrogens is 334 g/mol. The van der Waals surface area contributed by atoms with Crippen LogP contribution in [0.4, 0.5) is 5.69 Å². The normalized spacial score (nSPS) is 10.6. The number of halogens is 1. The Hall–Kier alpha value is -2.34. The van der Waals surface area contributed by atoms with E-state index in [0.29, 0.717) is 17.3 Å². The number of ether oxygens (including phenoxy) is 2. The SMILES string of the molecule is COc1ccc(Oc2ncnc3ccc(N)cc23)c(Br)c1. The van der Waals surface area contributed by atoms with Crippen molar-refractivity contribution in [1.82, 2.24) is 9.97 Å². The molecule has 0 bridgehead atoms. The summed E-state index contributed by atoms with van der Waals surface area (Å²) in [5.74, 6) is 1.84. The van der Waals surface area contributed by atoms with Gasteiger partial charge in [0.25, 0.3) is 0 Å². The van der Waals surface area contributed by atoms with Gasteiger partial charge in [0.15, 0.2) is 0 Å². The molecule has 0 aliphatic carbocycles. The molecule has 0 aliphatic rings. The van der Waals surface area contributed by atoms with E-state index < -0.39 is 0 Å². The highest BCUT2D eigenvalue weighted by Crippen LogP contribution is 2.34. The lowest BCUT2D eigenvalue weighted by Crippen LogP contribution is -1.94. The molecule has 0 aliphatic heterocycles. The highest BCUT2D eigenvalue weighted by atomic mass is 79.9. The van der Waals surface area contributed by atoms with E-state index in [0.717, 1.165) is 21.1 Å². The summed E-state index contributed by atoms with van der Waals surface area (Å²) in [6.07, 6.45) is 1.46. The van der Waals surface area contributed by atoms with Crippen molar-refractivity contribution in [2.45, 2.75) is 0 Å². The zero-order valence-corrected chi connectivity index (χ0v) is 12.8. The van der Waals surface area contributed by atoms with Gasteiger partial charge in [-0.15, -0.1) is 0 Å². The third-order valence-electron chi connectivity index (χ3n) is 2.97. The molecule has 5 nitrogen and oxygen atoms in total. The Bertz CT molecular complexity index is 808. The van der Waals surface area contributed by atoms with Crippen LogP contribution in [0.2, 0.25) is 0 Å². The monoisotopic (exact) mass is 345 g/mol. The fourth-order valence-electron chi connectivity index (χ4n) is 1.93. The molecule has 106 valence electrons. The van der Waals surface area contributed by atoms with Gasteiger partial charge in [-0.1, -0.05) is 0 Å². The Balaban J connectivity index is 2.04. The maximum Gasteiger partial charge on any atom is 0.230 e. The van der Waals surface area contributed by atoms with E-state index in [2.05, 4.69) is 25.9 Å². The van der Waals surface area contributed by atoms with Crippen molar-refractivity contribution in [3.8, 4) is 17.4 Å². The number of rotatable bonds is 3. The zero-order valence-electron chi connectivity index (χ0n) is 11.2. The number of nitrogens with zero attached hydrogens (tertiary/aromatic N) is 2. The minimum absolute atomic E-state index is 0.457. The largest absolute Gasteiger partial charge is 0.497 e. The number of nitrogens with two attached hydrogens (primary N) is 1. The van der Waals surface area contributed by atoms with Crippen molar-refractivity contribution < 1.29 is 9.47 Å². The first-order valence-corrected chi connectivity index (χ1v) is 6.98. The van der Waals surface area contributed by atoms with Crippen molar-refractivity contribution >= 4 is 32.5 Å². The second kappa shape index (κ2) is 5.57. The van der Waals surface area contributed by atoms with E-state index in [1.807, 2.05) is 24.3 Å². The van der Waals surface area contributed by atoms with E-state index in [1.54, 1.807) is 19.2 Å². The van der Waals surface area contributed by atoms with Crippen LogP contribution in [-0.4, -0.2) is 17.1 Å². The summed E-state index contributed by atoms with van der Waals surface area (Å²) in [6.45, 7) is 0. The highest BCUT2D eigenvalue weighted by Gasteiger charge is 2.09. The van der Waals surface area contributed by atoms with Crippen molar-refractivity contribution in [3.05, 3.63) is 47.2 Å². The van der Waals surface area contributed by atoms with E-state index in [9.17, 15) is 0 Å². The predicted molar refractivity (Wildman–Crippen MR) is 84.7 cm³/mol. The number of fused-ring (bicyclic) bond motifs is 1. The van der Waals surface area contributed by atoms with Crippen LogP contribution in [0.1, 0.15) is 0 Å². The molecule has 0 radical (unpaired) electrons.